The summed E-state index contributed by atoms with van der Waals surface area (Å²) in [5, 5.41) is 12.7. The van der Waals surface area contributed by atoms with Gasteiger partial charge < -0.3 is 20.2 Å². The van der Waals surface area contributed by atoms with E-state index in [0.717, 1.165) is 38.0 Å². The molecule has 1 unspecified atom stereocenters. The van der Waals surface area contributed by atoms with Gasteiger partial charge in [0.25, 0.3) is 0 Å². The van der Waals surface area contributed by atoms with Crippen molar-refractivity contribution in [1.29, 1.82) is 0 Å². The molecular weight excluding hydrogens is 356 g/mol. The fourth-order valence-corrected chi connectivity index (χ4v) is 4.28. The van der Waals surface area contributed by atoms with E-state index >= 15 is 0 Å². The number of rotatable bonds is 6. The van der Waals surface area contributed by atoms with Gasteiger partial charge in [-0.1, -0.05) is 31.5 Å². The summed E-state index contributed by atoms with van der Waals surface area (Å²) in [7, 11) is 0. The number of piperazine rings is 1. The molecule has 1 aromatic rings. The Morgan fingerprint density at radius 3 is 2.39 bits per heavy atom. The highest BCUT2D eigenvalue weighted by Crippen LogP contribution is 2.34. The third-order valence-corrected chi connectivity index (χ3v) is 5.94. The Balaban J connectivity index is 1.43. The third kappa shape index (κ3) is 5.02. The average Bonchev–Trinajstić information content (AvgIpc) is 3.12. The van der Waals surface area contributed by atoms with Gasteiger partial charge in [-0.15, -0.1) is 0 Å². The van der Waals surface area contributed by atoms with Crippen molar-refractivity contribution in [2.24, 2.45) is 5.41 Å². The zero-order valence-corrected chi connectivity index (χ0v) is 16.8. The second-order valence-corrected chi connectivity index (χ2v) is 8.03. The van der Waals surface area contributed by atoms with Crippen molar-refractivity contribution in [1.82, 2.24) is 14.7 Å². The zero-order valence-electron chi connectivity index (χ0n) is 16.8. The molecule has 0 spiro atoms. The van der Waals surface area contributed by atoms with E-state index < -0.39 is 0 Å². The largest absolute Gasteiger partial charge is 0.396 e. The molecule has 3 amide bonds. The molecule has 2 aliphatic rings. The lowest BCUT2D eigenvalue weighted by atomic mass is 9.83. The predicted molar refractivity (Wildman–Crippen MR) is 109 cm³/mol. The van der Waals surface area contributed by atoms with Crippen LogP contribution in [0.2, 0.25) is 0 Å². The van der Waals surface area contributed by atoms with Crippen molar-refractivity contribution in [2.45, 2.75) is 26.2 Å². The summed E-state index contributed by atoms with van der Waals surface area (Å²) in [6.07, 6.45) is 3.01. The molecule has 3 rings (SSSR count). The molecule has 2 aliphatic heterocycles. The van der Waals surface area contributed by atoms with Gasteiger partial charge in [0.1, 0.15) is 0 Å². The minimum Gasteiger partial charge on any atom is -0.396 e. The van der Waals surface area contributed by atoms with Crippen LogP contribution < -0.4 is 5.32 Å². The standard InChI is InChI=1S/C21H32N4O3/c1-2-8-21(17-26)9-10-23(16-21)15-19(27)24-11-13-25(14-12-24)20(28)22-18-6-4-3-5-7-18/h3-7,26H,2,8-17H2,1H3,(H,22,28). The van der Waals surface area contributed by atoms with Crippen LogP contribution in [0.5, 0.6) is 0 Å². The summed E-state index contributed by atoms with van der Waals surface area (Å²) < 4.78 is 0. The average molecular weight is 389 g/mol. The van der Waals surface area contributed by atoms with Crippen LogP contribution in [-0.2, 0) is 4.79 Å². The van der Waals surface area contributed by atoms with E-state index in [0.29, 0.717) is 32.7 Å². The van der Waals surface area contributed by atoms with Crippen LogP contribution in [0.3, 0.4) is 0 Å². The number of benzene rings is 1. The lowest BCUT2D eigenvalue weighted by Gasteiger charge is -2.35. The van der Waals surface area contributed by atoms with E-state index in [1.807, 2.05) is 35.2 Å². The van der Waals surface area contributed by atoms with Gasteiger partial charge in [0.15, 0.2) is 0 Å². The number of aliphatic hydroxyl groups excluding tert-OH is 1. The van der Waals surface area contributed by atoms with Crippen LogP contribution in [0.25, 0.3) is 0 Å². The zero-order chi connectivity index (χ0) is 20.0. The lowest BCUT2D eigenvalue weighted by Crippen LogP contribution is -2.53. The number of amides is 3. The molecule has 7 heteroatoms. The molecule has 2 heterocycles. The van der Waals surface area contributed by atoms with E-state index in [1.54, 1.807) is 4.90 Å². The number of nitrogens with one attached hydrogen (secondary N) is 1. The van der Waals surface area contributed by atoms with E-state index in [4.69, 9.17) is 0 Å². The molecule has 0 bridgehead atoms. The number of carbonyl (C=O) groups excluding carboxylic acids is 2. The molecule has 7 nitrogen and oxygen atoms in total. The molecule has 0 aliphatic carbocycles. The van der Waals surface area contributed by atoms with Crippen LogP contribution in [-0.4, -0.2) is 84.2 Å². The number of aliphatic hydroxyl groups is 1. The van der Waals surface area contributed by atoms with E-state index in [1.165, 1.54) is 0 Å². The number of hydrogen-bond donors (Lipinski definition) is 2. The van der Waals surface area contributed by atoms with Gasteiger partial charge in [0, 0.05) is 50.4 Å². The summed E-state index contributed by atoms with van der Waals surface area (Å²) in [5.41, 5.74) is 0.739. The SMILES string of the molecule is CCCC1(CO)CCN(CC(=O)N2CCN(C(=O)Nc3ccccc3)CC2)C1. The smallest absolute Gasteiger partial charge is 0.321 e. The second-order valence-electron chi connectivity index (χ2n) is 8.03. The Morgan fingerprint density at radius 2 is 1.75 bits per heavy atom. The minimum absolute atomic E-state index is 0.0384. The number of anilines is 1. The van der Waals surface area contributed by atoms with Gasteiger partial charge >= 0.3 is 6.03 Å². The number of likely N-dealkylation sites (tertiary alicyclic amines) is 1. The van der Waals surface area contributed by atoms with Gasteiger partial charge in [0.05, 0.1) is 6.54 Å². The highest BCUT2D eigenvalue weighted by Gasteiger charge is 2.38. The number of nitrogens with zero attached hydrogens (tertiary/aromatic N) is 3. The first-order chi connectivity index (χ1) is 13.5. The maximum absolute atomic E-state index is 12.7. The predicted octanol–water partition coefficient (Wildman–Crippen LogP) is 1.85. The number of hydrogen-bond acceptors (Lipinski definition) is 4. The number of urea groups is 1. The second kappa shape index (κ2) is 9.39. The number of carbonyl (C=O) groups is 2. The van der Waals surface area contributed by atoms with Crippen molar-refractivity contribution in [3.8, 4) is 0 Å². The van der Waals surface area contributed by atoms with Crippen molar-refractivity contribution < 1.29 is 14.7 Å². The lowest BCUT2D eigenvalue weighted by molar-refractivity contribution is -0.133. The Kier molecular flexibility index (Phi) is 6.91. The fourth-order valence-electron chi connectivity index (χ4n) is 4.28. The van der Waals surface area contributed by atoms with E-state index in [-0.39, 0.29) is 24.0 Å². The fraction of sp³-hybridized carbons (Fsp3) is 0.619. The highest BCUT2D eigenvalue weighted by atomic mass is 16.3. The van der Waals surface area contributed by atoms with Gasteiger partial charge in [-0.3, -0.25) is 9.69 Å². The molecule has 0 saturated carbocycles. The summed E-state index contributed by atoms with van der Waals surface area (Å²) in [6.45, 7) is 6.61. The quantitative estimate of drug-likeness (QED) is 0.780. The Morgan fingerprint density at radius 1 is 1.07 bits per heavy atom. The molecule has 0 radical (unpaired) electrons. The van der Waals surface area contributed by atoms with Gasteiger partial charge in [0.2, 0.25) is 5.91 Å². The Labute approximate surface area is 167 Å². The van der Waals surface area contributed by atoms with Gasteiger partial charge in [-0.2, -0.15) is 0 Å². The molecule has 1 atom stereocenters. The Bertz CT molecular complexity index is 661. The third-order valence-electron chi connectivity index (χ3n) is 5.94. The first-order valence-electron chi connectivity index (χ1n) is 10.3. The van der Waals surface area contributed by atoms with Crippen LogP contribution in [0.1, 0.15) is 26.2 Å². The van der Waals surface area contributed by atoms with Crippen molar-refractivity contribution in [3.63, 3.8) is 0 Å². The maximum Gasteiger partial charge on any atom is 0.321 e. The van der Waals surface area contributed by atoms with Gasteiger partial charge in [-0.05, 0) is 31.5 Å². The molecule has 2 fully saturated rings. The van der Waals surface area contributed by atoms with Crippen molar-refractivity contribution >= 4 is 17.6 Å². The minimum atomic E-state index is -0.120. The van der Waals surface area contributed by atoms with Crippen LogP contribution in [0.4, 0.5) is 10.5 Å². The summed E-state index contributed by atoms with van der Waals surface area (Å²) in [5.74, 6) is 0.119. The molecular formula is C21H32N4O3. The van der Waals surface area contributed by atoms with Gasteiger partial charge in [-0.25, -0.2) is 4.79 Å². The van der Waals surface area contributed by atoms with Crippen molar-refractivity contribution in [2.75, 3.05) is 57.7 Å². The topological polar surface area (TPSA) is 76.1 Å². The van der Waals surface area contributed by atoms with E-state index in [9.17, 15) is 14.7 Å². The normalized spacial score (nSPS) is 23.1. The molecule has 2 N–H and O–H groups in total. The summed E-state index contributed by atoms with van der Waals surface area (Å²) in [4.78, 5) is 30.8. The first kappa shape index (κ1) is 20.6. The van der Waals surface area contributed by atoms with E-state index in [2.05, 4.69) is 17.1 Å². The van der Waals surface area contributed by atoms with Crippen LogP contribution in [0, 0.1) is 5.41 Å². The molecule has 28 heavy (non-hydrogen) atoms. The Hall–Kier alpha value is -2.12. The van der Waals surface area contributed by atoms with Crippen LogP contribution in [0.15, 0.2) is 30.3 Å². The molecule has 0 aromatic heterocycles. The highest BCUT2D eigenvalue weighted by molar-refractivity contribution is 5.89. The van der Waals surface area contributed by atoms with Crippen molar-refractivity contribution in [3.05, 3.63) is 30.3 Å². The molecule has 154 valence electrons. The monoisotopic (exact) mass is 388 g/mol. The molecule has 2 saturated heterocycles. The summed E-state index contributed by atoms with van der Waals surface area (Å²) >= 11 is 0. The first-order valence-corrected chi connectivity index (χ1v) is 10.3. The van der Waals surface area contributed by atoms with Crippen LogP contribution >= 0.6 is 0 Å². The maximum atomic E-state index is 12.7. The number of para-hydroxylation sites is 1. The summed E-state index contributed by atoms with van der Waals surface area (Å²) in [6, 6.07) is 9.28. The molecule has 1 aromatic carbocycles.